The van der Waals surface area contributed by atoms with Crippen molar-refractivity contribution in [3.05, 3.63) is 29.8 Å². The molecule has 0 aliphatic heterocycles. The summed E-state index contributed by atoms with van der Waals surface area (Å²) in [6, 6.07) is 7.20. The lowest BCUT2D eigenvalue weighted by Gasteiger charge is -2.12. The van der Waals surface area contributed by atoms with Crippen molar-refractivity contribution in [2.75, 3.05) is 25.5 Å². The van der Waals surface area contributed by atoms with E-state index in [0.717, 1.165) is 24.4 Å². The van der Waals surface area contributed by atoms with Crippen LogP contribution >= 0.6 is 0 Å². The molecule has 24 heavy (non-hydrogen) atoms. The van der Waals surface area contributed by atoms with Gasteiger partial charge in [-0.1, -0.05) is 38.7 Å². The molecular weight excluding hydrogens is 300 g/mol. The Labute approximate surface area is 145 Å². The number of hydrogen-bond donors (Lipinski definition) is 3. The second-order valence-corrected chi connectivity index (χ2v) is 6.02. The third-order valence-corrected chi connectivity index (χ3v) is 3.45. The Morgan fingerprint density at radius 1 is 1.29 bits per heavy atom. The first-order valence-electron chi connectivity index (χ1n) is 8.36. The molecule has 0 unspecified atom stereocenters. The van der Waals surface area contributed by atoms with Gasteiger partial charge in [0.25, 0.3) is 0 Å². The fourth-order valence-corrected chi connectivity index (χ4v) is 2.16. The lowest BCUT2D eigenvalue weighted by atomic mass is 10.1. The highest BCUT2D eigenvalue weighted by molar-refractivity contribution is 5.95. The number of unbranched alkanes of at least 4 members (excludes halogenated alkanes) is 1. The Kier molecular flexibility index (Phi) is 9.06. The molecule has 0 radical (unpaired) electrons. The Hall–Kier alpha value is -2.48. The third-order valence-electron chi connectivity index (χ3n) is 3.45. The van der Waals surface area contributed by atoms with Crippen LogP contribution in [-0.2, 0) is 4.79 Å². The molecule has 5 nitrogen and oxygen atoms in total. The number of anilines is 1. The summed E-state index contributed by atoms with van der Waals surface area (Å²) in [7, 11) is 1.69. The molecule has 1 amide bonds. The van der Waals surface area contributed by atoms with Gasteiger partial charge in [0.1, 0.15) is 0 Å². The molecule has 0 aliphatic rings. The third kappa shape index (κ3) is 8.23. The normalized spacial score (nSPS) is 11.0. The summed E-state index contributed by atoms with van der Waals surface area (Å²) >= 11 is 0. The summed E-state index contributed by atoms with van der Waals surface area (Å²) < 4.78 is 0. The van der Waals surface area contributed by atoms with Crippen molar-refractivity contribution in [2.24, 2.45) is 10.9 Å². The molecule has 0 aliphatic carbocycles. The molecule has 0 saturated heterocycles. The molecule has 3 N–H and O–H groups in total. The van der Waals surface area contributed by atoms with Crippen LogP contribution in [0.2, 0.25) is 0 Å². The molecular formula is C19H28N4O. The quantitative estimate of drug-likeness (QED) is 0.297. The largest absolute Gasteiger partial charge is 0.356 e. The Bertz CT molecular complexity index is 587. The summed E-state index contributed by atoms with van der Waals surface area (Å²) in [5.41, 5.74) is 1.42. The second-order valence-electron chi connectivity index (χ2n) is 6.02. The van der Waals surface area contributed by atoms with E-state index in [4.69, 9.17) is 6.42 Å². The summed E-state index contributed by atoms with van der Waals surface area (Å²) in [6.45, 7) is 5.45. The van der Waals surface area contributed by atoms with Crippen LogP contribution in [0.4, 0.5) is 5.69 Å². The van der Waals surface area contributed by atoms with Gasteiger partial charge in [-0.05, 0) is 30.5 Å². The van der Waals surface area contributed by atoms with Crippen LogP contribution in [0.1, 0.15) is 38.7 Å². The molecule has 0 bridgehead atoms. The number of carbonyl (C=O) groups is 1. The minimum atomic E-state index is -0.146. The number of carbonyl (C=O) groups excluding carboxylic acids is 1. The highest BCUT2D eigenvalue weighted by atomic mass is 16.1. The van der Waals surface area contributed by atoms with Gasteiger partial charge in [-0.15, -0.1) is 6.42 Å². The first-order valence-corrected chi connectivity index (χ1v) is 8.36. The number of rotatable bonds is 8. The van der Waals surface area contributed by atoms with Crippen molar-refractivity contribution in [1.29, 1.82) is 0 Å². The van der Waals surface area contributed by atoms with E-state index >= 15 is 0 Å². The van der Waals surface area contributed by atoms with E-state index in [0.29, 0.717) is 11.6 Å². The Morgan fingerprint density at radius 3 is 2.75 bits per heavy atom. The fourth-order valence-electron chi connectivity index (χ4n) is 2.16. The van der Waals surface area contributed by atoms with Crippen molar-refractivity contribution in [1.82, 2.24) is 10.6 Å². The zero-order chi connectivity index (χ0) is 17.8. The fraction of sp³-hybridized carbons (Fsp3) is 0.474. The number of benzene rings is 1. The van der Waals surface area contributed by atoms with Gasteiger partial charge in [0, 0.05) is 24.8 Å². The van der Waals surface area contributed by atoms with E-state index in [2.05, 4.69) is 40.7 Å². The van der Waals surface area contributed by atoms with Gasteiger partial charge in [0.2, 0.25) is 5.91 Å². The zero-order valence-corrected chi connectivity index (χ0v) is 14.9. The van der Waals surface area contributed by atoms with E-state index in [1.54, 1.807) is 19.2 Å². The molecule has 1 rings (SSSR count). The number of guanidine groups is 1. The van der Waals surface area contributed by atoms with Crippen molar-refractivity contribution >= 4 is 17.6 Å². The minimum Gasteiger partial charge on any atom is -0.356 e. The first kappa shape index (κ1) is 19.6. The van der Waals surface area contributed by atoms with Crippen LogP contribution in [0.25, 0.3) is 0 Å². The average molecular weight is 328 g/mol. The van der Waals surface area contributed by atoms with Crippen LogP contribution in [0, 0.1) is 18.3 Å². The SMILES string of the molecule is C#Cc1cccc(NC(=O)CNC(=NC)NCCCCC(C)C)c1. The van der Waals surface area contributed by atoms with E-state index in [-0.39, 0.29) is 12.5 Å². The van der Waals surface area contributed by atoms with Gasteiger partial charge >= 0.3 is 0 Å². The van der Waals surface area contributed by atoms with Crippen molar-refractivity contribution in [3.8, 4) is 12.3 Å². The van der Waals surface area contributed by atoms with Gasteiger partial charge in [-0.3, -0.25) is 9.79 Å². The topological polar surface area (TPSA) is 65.5 Å². The van der Waals surface area contributed by atoms with Crippen LogP contribution < -0.4 is 16.0 Å². The number of nitrogens with one attached hydrogen (secondary N) is 3. The van der Waals surface area contributed by atoms with E-state index in [1.807, 2.05) is 12.1 Å². The van der Waals surface area contributed by atoms with Crippen LogP contribution in [0.3, 0.4) is 0 Å². The summed E-state index contributed by atoms with van der Waals surface area (Å²) in [4.78, 5) is 16.1. The molecule has 130 valence electrons. The predicted molar refractivity (Wildman–Crippen MR) is 101 cm³/mol. The zero-order valence-electron chi connectivity index (χ0n) is 14.9. The lowest BCUT2D eigenvalue weighted by Crippen LogP contribution is -2.41. The van der Waals surface area contributed by atoms with Gasteiger partial charge in [0.05, 0.1) is 6.54 Å². The summed E-state index contributed by atoms with van der Waals surface area (Å²) in [5.74, 6) is 3.76. The maximum atomic E-state index is 12.0. The van der Waals surface area contributed by atoms with E-state index < -0.39 is 0 Å². The van der Waals surface area contributed by atoms with Gasteiger partial charge in [-0.2, -0.15) is 0 Å². The molecule has 0 atom stereocenters. The second kappa shape index (κ2) is 11.1. The predicted octanol–water partition coefficient (Wildman–Crippen LogP) is 2.60. The molecule has 1 aromatic carbocycles. The number of terminal acetylenes is 1. The molecule has 0 saturated carbocycles. The van der Waals surface area contributed by atoms with Crippen LogP contribution in [0.5, 0.6) is 0 Å². The molecule has 0 spiro atoms. The molecule has 0 fully saturated rings. The highest BCUT2D eigenvalue weighted by Gasteiger charge is 2.04. The van der Waals surface area contributed by atoms with Crippen molar-refractivity contribution in [3.63, 3.8) is 0 Å². The van der Waals surface area contributed by atoms with Crippen molar-refractivity contribution in [2.45, 2.75) is 33.1 Å². The van der Waals surface area contributed by atoms with Gasteiger partial charge in [-0.25, -0.2) is 0 Å². The van der Waals surface area contributed by atoms with Crippen LogP contribution in [0.15, 0.2) is 29.3 Å². The number of nitrogens with zero attached hydrogens (tertiary/aromatic N) is 1. The Morgan fingerprint density at radius 2 is 2.08 bits per heavy atom. The monoisotopic (exact) mass is 328 g/mol. The van der Waals surface area contributed by atoms with E-state index in [9.17, 15) is 4.79 Å². The highest BCUT2D eigenvalue weighted by Crippen LogP contribution is 2.09. The van der Waals surface area contributed by atoms with Crippen LogP contribution in [-0.4, -0.2) is 32.0 Å². The van der Waals surface area contributed by atoms with Crippen molar-refractivity contribution < 1.29 is 4.79 Å². The molecule has 5 heteroatoms. The standard InChI is InChI=1S/C19H28N4O/c1-5-16-10-8-11-17(13-16)23-18(24)14-22-19(20-4)21-12-7-6-9-15(2)3/h1,8,10-11,13,15H,6-7,9,12,14H2,2-4H3,(H,23,24)(H2,20,21,22). The van der Waals surface area contributed by atoms with E-state index in [1.165, 1.54) is 12.8 Å². The molecule has 0 heterocycles. The number of amides is 1. The lowest BCUT2D eigenvalue weighted by molar-refractivity contribution is -0.115. The number of hydrogen-bond acceptors (Lipinski definition) is 2. The average Bonchev–Trinajstić information content (AvgIpc) is 2.57. The summed E-state index contributed by atoms with van der Waals surface area (Å²) in [5, 5.41) is 9.02. The Balaban J connectivity index is 2.29. The maximum Gasteiger partial charge on any atom is 0.243 e. The number of aliphatic imine (C=N–C) groups is 1. The molecule has 1 aromatic rings. The van der Waals surface area contributed by atoms with Gasteiger partial charge < -0.3 is 16.0 Å². The first-order chi connectivity index (χ1) is 11.5. The van der Waals surface area contributed by atoms with Gasteiger partial charge in [0.15, 0.2) is 5.96 Å². The molecule has 0 aromatic heterocycles. The summed E-state index contributed by atoms with van der Waals surface area (Å²) in [6.07, 6.45) is 8.86. The minimum absolute atomic E-state index is 0.145. The maximum absolute atomic E-state index is 12.0. The smallest absolute Gasteiger partial charge is 0.243 e.